The van der Waals surface area contributed by atoms with Crippen LogP contribution in [0.1, 0.15) is 66.9 Å². The number of amides is 2. The van der Waals surface area contributed by atoms with Crippen molar-refractivity contribution >= 4 is 23.5 Å². The Hall–Kier alpha value is -3.56. The number of methoxy groups -OCH3 is 1. The van der Waals surface area contributed by atoms with Crippen LogP contribution in [-0.2, 0) is 14.3 Å². The molecule has 2 saturated carbocycles. The number of esters is 1. The summed E-state index contributed by atoms with van der Waals surface area (Å²) in [6.07, 6.45) is -0.160. The summed E-state index contributed by atoms with van der Waals surface area (Å²) in [5.41, 5.74) is 1.83. The number of nitrogens with zero attached hydrogens (tertiary/aromatic N) is 2. The highest BCUT2D eigenvalue weighted by Crippen LogP contribution is 2.51. The third-order valence-corrected chi connectivity index (χ3v) is 7.92. The van der Waals surface area contributed by atoms with Gasteiger partial charge in [-0.2, -0.15) is 0 Å². The molecule has 2 aromatic rings. The summed E-state index contributed by atoms with van der Waals surface area (Å²) in [5, 5.41) is 0. The van der Waals surface area contributed by atoms with Crippen molar-refractivity contribution in [3.63, 3.8) is 0 Å². The van der Waals surface area contributed by atoms with Gasteiger partial charge in [0.2, 0.25) is 5.91 Å². The Balaban J connectivity index is 1.47. The van der Waals surface area contributed by atoms with Gasteiger partial charge in [0, 0.05) is 36.2 Å². The van der Waals surface area contributed by atoms with Crippen molar-refractivity contribution in [3.8, 4) is 5.75 Å². The fraction of sp³-hybridized carbons (Fsp3) is 0.483. The Morgan fingerprint density at radius 3 is 2.36 bits per heavy atom. The molecule has 39 heavy (non-hydrogen) atoms. The van der Waals surface area contributed by atoms with Gasteiger partial charge in [-0.25, -0.2) is 0 Å². The predicted octanol–water partition coefficient (Wildman–Crippen LogP) is 5.65. The molecular weight excluding hydrogens is 513 g/mol. The SMILES string of the molecule is COC(=O)CCC(=O)N(CC1CC1)C1c2ccccc2N(C(=O)c2ccc(OC(F)(F)F)cc2)C2CCCC12. The van der Waals surface area contributed by atoms with E-state index >= 15 is 0 Å². The molecule has 0 spiro atoms. The maximum Gasteiger partial charge on any atom is 0.573 e. The number of halogens is 3. The fourth-order valence-electron chi connectivity index (χ4n) is 6.03. The summed E-state index contributed by atoms with van der Waals surface area (Å²) in [6, 6.07) is 12.1. The number of carbonyl (C=O) groups is 3. The van der Waals surface area contributed by atoms with Crippen molar-refractivity contribution in [2.75, 3.05) is 18.6 Å². The second-order valence-electron chi connectivity index (χ2n) is 10.5. The minimum atomic E-state index is -4.82. The number of ether oxygens (including phenoxy) is 2. The lowest BCUT2D eigenvalue weighted by molar-refractivity contribution is -0.274. The largest absolute Gasteiger partial charge is 0.573 e. The summed E-state index contributed by atoms with van der Waals surface area (Å²) < 4.78 is 46.5. The van der Waals surface area contributed by atoms with Crippen LogP contribution in [0.3, 0.4) is 0 Å². The number of anilines is 1. The Labute approximate surface area is 224 Å². The van der Waals surface area contributed by atoms with E-state index in [9.17, 15) is 27.6 Å². The second kappa shape index (κ2) is 10.9. The lowest BCUT2D eigenvalue weighted by atomic mass is 9.81. The van der Waals surface area contributed by atoms with Gasteiger partial charge in [-0.1, -0.05) is 24.6 Å². The topological polar surface area (TPSA) is 76.2 Å². The van der Waals surface area contributed by atoms with Crippen LogP contribution in [0.2, 0.25) is 0 Å². The highest BCUT2D eigenvalue weighted by molar-refractivity contribution is 6.07. The van der Waals surface area contributed by atoms with Crippen LogP contribution in [-0.4, -0.2) is 48.7 Å². The minimum absolute atomic E-state index is 0.00230. The number of para-hydroxylation sites is 1. The van der Waals surface area contributed by atoms with Gasteiger partial charge in [0.05, 0.1) is 19.6 Å². The molecule has 3 unspecified atom stereocenters. The third-order valence-electron chi connectivity index (χ3n) is 7.92. The van der Waals surface area contributed by atoms with Crippen molar-refractivity contribution in [1.29, 1.82) is 0 Å². The van der Waals surface area contributed by atoms with Crippen molar-refractivity contribution in [1.82, 2.24) is 4.90 Å². The number of fused-ring (bicyclic) bond motifs is 2. The Kier molecular flexibility index (Phi) is 7.55. The van der Waals surface area contributed by atoms with E-state index in [1.165, 1.54) is 19.2 Å². The molecule has 5 rings (SSSR count). The molecule has 2 aromatic carbocycles. The number of alkyl halides is 3. The minimum Gasteiger partial charge on any atom is -0.469 e. The zero-order valence-corrected chi connectivity index (χ0v) is 21.7. The predicted molar refractivity (Wildman–Crippen MR) is 136 cm³/mol. The monoisotopic (exact) mass is 544 g/mol. The Bertz CT molecular complexity index is 1230. The zero-order valence-electron chi connectivity index (χ0n) is 21.7. The number of hydrogen-bond acceptors (Lipinski definition) is 5. The molecule has 0 N–H and O–H groups in total. The molecule has 2 aliphatic carbocycles. The summed E-state index contributed by atoms with van der Waals surface area (Å²) in [5.74, 6) is -0.799. The highest BCUT2D eigenvalue weighted by Gasteiger charge is 2.49. The standard InChI is InChI=1S/C29H31F3N2O5/c1-38-26(36)16-15-25(35)33(17-18-9-10-18)27-21-5-2-3-7-23(21)34(24-8-4-6-22(24)27)28(37)19-11-13-20(14-12-19)39-29(30,31)32/h2-3,5,7,11-14,18,22,24,27H,4,6,8-10,15-17H2,1H3. The summed E-state index contributed by atoms with van der Waals surface area (Å²) >= 11 is 0. The molecule has 0 saturated heterocycles. The zero-order chi connectivity index (χ0) is 27.7. The highest BCUT2D eigenvalue weighted by atomic mass is 19.4. The molecule has 7 nitrogen and oxygen atoms in total. The van der Waals surface area contributed by atoms with E-state index in [0.717, 1.165) is 49.8 Å². The Morgan fingerprint density at radius 1 is 0.974 bits per heavy atom. The van der Waals surface area contributed by atoms with E-state index in [1.54, 1.807) is 4.90 Å². The first-order valence-corrected chi connectivity index (χ1v) is 13.3. The second-order valence-corrected chi connectivity index (χ2v) is 10.5. The van der Waals surface area contributed by atoms with Gasteiger partial charge in [0.1, 0.15) is 5.75 Å². The summed E-state index contributed by atoms with van der Waals surface area (Å²) in [4.78, 5) is 42.8. The first-order valence-electron chi connectivity index (χ1n) is 13.3. The number of hydrogen-bond donors (Lipinski definition) is 0. The van der Waals surface area contributed by atoms with Crippen LogP contribution in [0.25, 0.3) is 0 Å². The number of benzene rings is 2. The molecular formula is C29H31F3N2O5. The first kappa shape index (κ1) is 27.0. The van der Waals surface area contributed by atoms with Gasteiger partial charge in [-0.15, -0.1) is 13.2 Å². The van der Waals surface area contributed by atoms with Crippen molar-refractivity contribution < 1.29 is 37.0 Å². The van der Waals surface area contributed by atoms with Crippen molar-refractivity contribution in [3.05, 3.63) is 59.7 Å². The lowest BCUT2D eigenvalue weighted by Crippen LogP contribution is -2.52. The van der Waals surface area contributed by atoms with Crippen LogP contribution in [0.5, 0.6) is 5.75 Å². The summed E-state index contributed by atoms with van der Waals surface area (Å²) in [7, 11) is 1.30. The van der Waals surface area contributed by atoms with E-state index in [-0.39, 0.29) is 48.2 Å². The molecule has 2 fully saturated rings. The molecule has 0 bridgehead atoms. The molecule has 3 aliphatic rings. The molecule has 1 heterocycles. The van der Waals surface area contributed by atoms with E-state index < -0.39 is 18.1 Å². The van der Waals surface area contributed by atoms with Crippen LogP contribution in [0, 0.1) is 11.8 Å². The molecule has 10 heteroatoms. The van der Waals surface area contributed by atoms with Gasteiger partial charge < -0.3 is 19.3 Å². The molecule has 2 amide bonds. The van der Waals surface area contributed by atoms with E-state index in [1.807, 2.05) is 29.2 Å². The van der Waals surface area contributed by atoms with Gasteiger partial charge >= 0.3 is 12.3 Å². The van der Waals surface area contributed by atoms with Gasteiger partial charge in [0.15, 0.2) is 0 Å². The maximum absolute atomic E-state index is 13.8. The number of carbonyl (C=O) groups excluding carboxylic acids is 3. The average Bonchev–Trinajstić information content (AvgIpc) is 3.61. The Morgan fingerprint density at radius 2 is 1.69 bits per heavy atom. The van der Waals surface area contributed by atoms with Crippen molar-refractivity contribution in [2.24, 2.45) is 11.8 Å². The van der Waals surface area contributed by atoms with E-state index in [2.05, 4.69) is 4.74 Å². The maximum atomic E-state index is 13.8. The molecule has 0 aromatic heterocycles. The molecule has 0 radical (unpaired) electrons. The normalized spacial score (nSPS) is 22.1. The van der Waals surface area contributed by atoms with Crippen LogP contribution >= 0.6 is 0 Å². The third kappa shape index (κ3) is 5.89. The van der Waals surface area contributed by atoms with E-state index in [4.69, 9.17) is 4.74 Å². The first-order chi connectivity index (χ1) is 18.7. The lowest BCUT2D eigenvalue weighted by Gasteiger charge is -2.47. The smallest absolute Gasteiger partial charge is 0.469 e. The number of rotatable bonds is 8. The molecule has 1 aliphatic heterocycles. The quantitative estimate of drug-likeness (QED) is 0.402. The molecule has 208 valence electrons. The van der Waals surface area contributed by atoms with E-state index in [0.29, 0.717) is 18.2 Å². The van der Waals surface area contributed by atoms with Gasteiger partial charge in [0.25, 0.3) is 5.91 Å². The van der Waals surface area contributed by atoms with Crippen LogP contribution < -0.4 is 9.64 Å². The van der Waals surface area contributed by atoms with Crippen molar-refractivity contribution in [2.45, 2.75) is 63.4 Å². The average molecular weight is 545 g/mol. The fourth-order valence-corrected chi connectivity index (χ4v) is 6.03. The van der Waals surface area contributed by atoms with Crippen LogP contribution in [0.15, 0.2) is 48.5 Å². The van der Waals surface area contributed by atoms with Gasteiger partial charge in [-0.05, 0) is 67.5 Å². The summed E-state index contributed by atoms with van der Waals surface area (Å²) in [6.45, 7) is 0.608. The van der Waals surface area contributed by atoms with Crippen LogP contribution in [0.4, 0.5) is 18.9 Å². The van der Waals surface area contributed by atoms with Gasteiger partial charge in [-0.3, -0.25) is 14.4 Å². The molecule has 3 atom stereocenters.